The van der Waals surface area contributed by atoms with Gasteiger partial charge in [0, 0.05) is 17.8 Å². The molecular weight excluding hydrogens is 400 g/mol. The molecule has 0 heterocycles. The number of hydrogen-bond acceptors (Lipinski definition) is 6. The fraction of sp³-hybridized carbons (Fsp3) is 0.360. The molecule has 7 heteroatoms. The SMILES string of the molecule is CCCCC(C)=N/C(CC)=C(/CO)NCc1ccc(-c2ccccc2/C(N)=N/NN)cc1. The van der Waals surface area contributed by atoms with Crippen LogP contribution in [0.4, 0.5) is 0 Å². The molecule has 0 radical (unpaired) electrons. The van der Waals surface area contributed by atoms with Crippen molar-refractivity contribution in [1.82, 2.24) is 10.9 Å². The van der Waals surface area contributed by atoms with E-state index in [4.69, 9.17) is 16.6 Å². The standard InChI is InChI=1S/C25H36N6O/c1-4-6-9-18(3)29-23(5-2)24(17-32)28-16-19-12-14-20(15-13-19)21-10-7-8-11-22(21)25(26)30-31-27/h7-8,10-15,28,31-32H,4-6,9,16-17,27H2,1-3H3,(H2,26,30)/b24-23-,29-18?. The van der Waals surface area contributed by atoms with E-state index in [1.54, 1.807) is 0 Å². The van der Waals surface area contributed by atoms with Crippen molar-refractivity contribution in [3.05, 3.63) is 71.1 Å². The van der Waals surface area contributed by atoms with Gasteiger partial charge in [-0.15, -0.1) is 5.10 Å². The van der Waals surface area contributed by atoms with Crippen molar-refractivity contribution in [3.63, 3.8) is 0 Å². The van der Waals surface area contributed by atoms with E-state index in [9.17, 15) is 5.11 Å². The molecule has 0 atom stereocenters. The summed E-state index contributed by atoms with van der Waals surface area (Å²) in [5, 5.41) is 17.1. The predicted molar refractivity (Wildman–Crippen MR) is 134 cm³/mol. The van der Waals surface area contributed by atoms with Crippen LogP contribution < -0.4 is 22.4 Å². The highest BCUT2D eigenvalue weighted by molar-refractivity contribution is 6.03. The summed E-state index contributed by atoms with van der Waals surface area (Å²) in [5.74, 6) is 5.60. The molecule has 7 N–H and O–H groups in total. The quantitative estimate of drug-likeness (QED) is 0.150. The highest BCUT2D eigenvalue weighted by Crippen LogP contribution is 2.24. The minimum Gasteiger partial charge on any atom is -0.390 e. The van der Waals surface area contributed by atoms with Gasteiger partial charge in [-0.1, -0.05) is 68.8 Å². The Bertz CT molecular complexity index is 947. The van der Waals surface area contributed by atoms with Gasteiger partial charge in [0.15, 0.2) is 5.84 Å². The number of benzene rings is 2. The molecule has 0 aliphatic heterocycles. The molecule has 0 unspecified atom stereocenters. The Morgan fingerprint density at radius 3 is 2.41 bits per heavy atom. The molecule has 0 aromatic heterocycles. The van der Waals surface area contributed by atoms with E-state index < -0.39 is 0 Å². The van der Waals surface area contributed by atoms with Crippen molar-refractivity contribution in [1.29, 1.82) is 0 Å². The van der Waals surface area contributed by atoms with Gasteiger partial charge in [0.1, 0.15) is 0 Å². The molecule has 0 amide bonds. The molecule has 0 aliphatic carbocycles. The number of nitrogens with zero attached hydrogens (tertiary/aromatic N) is 2. The van der Waals surface area contributed by atoms with E-state index in [0.29, 0.717) is 12.4 Å². The van der Waals surface area contributed by atoms with Crippen LogP contribution in [0.2, 0.25) is 0 Å². The van der Waals surface area contributed by atoms with Crippen LogP contribution in [0.3, 0.4) is 0 Å². The average Bonchev–Trinajstić information content (AvgIpc) is 2.82. The lowest BCUT2D eigenvalue weighted by Gasteiger charge is -2.14. The summed E-state index contributed by atoms with van der Waals surface area (Å²) < 4.78 is 0. The number of nitrogens with two attached hydrogens (primary N) is 2. The van der Waals surface area contributed by atoms with Gasteiger partial charge in [0.25, 0.3) is 0 Å². The number of nitrogens with one attached hydrogen (secondary N) is 2. The maximum Gasteiger partial charge on any atom is 0.152 e. The summed E-state index contributed by atoms with van der Waals surface area (Å²) in [4.78, 5) is 4.75. The van der Waals surface area contributed by atoms with Gasteiger partial charge < -0.3 is 16.2 Å². The minimum absolute atomic E-state index is 0.0625. The second kappa shape index (κ2) is 13.3. The third kappa shape index (κ3) is 7.21. The Labute approximate surface area is 191 Å². The number of aliphatic hydroxyl groups is 1. The van der Waals surface area contributed by atoms with Crippen molar-refractivity contribution in [2.75, 3.05) is 6.61 Å². The second-order valence-corrected chi connectivity index (χ2v) is 7.61. The lowest BCUT2D eigenvalue weighted by atomic mass is 9.98. The lowest BCUT2D eigenvalue weighted by Crippen LogP contribution is -2.23. The average molecular weight is 437 g/mol. The normalized spacial score (nSPS) is 13.0. The number of aliphatic hydroxyl groups excluding tert-OH is 1. The van der Waals surface area contributed by atoms with Crippen molar-refractivity contribution in [2.45, 2.75) is 53.0 Å². The predicted octanol–water partition coefficient (Wildman–Crippen LogP) is 3.79. The van der Waals surface area contributed by atoms with Crippen molar-refractivity contribution in [2.24, 2.45) is 21.7 Å². The molecule has 0 saturated heterocycles. The van der Waals surface area contributed by atoms with E-state index in [1.807, 2.05) is 24.3 Å². The van der Waals surface area contributed by atoms with E-state index in [-0.39, 0.29) is 6.61 Å². The van der Waals surface area contributed by atoms with E-state index in [1.165, 1.54) is 0 Å². The van der Waals surface area contributed by atoms with Gasteiger partial charge in [-0.05, 0) is 42.9 Å². The van der Waals surface area contributed by atoms with Gasteiger partial charge in [-0.2, -0.15) is 0 Å². The molecule has 2 aromatic carbocycles. The second-order valence-electron chi connectivity index (χ2n) is 7.61. The van der Waals surface area contributed by atoms with Crippen molar-refractivity contribution in [3.8, 4) is 11.1 Å². The first-order valence-corrected chi connectivity index (χ1v) is 11.1. The number of hydrazone groups is 1. The molecule has 7 nitrogen and oxygen atoms in total. The zero-order valence-corrected chi connectivity index (χ0v) is 19.4. The molecule has 172 valence electrons. The number of aliphatic imine (C=N–C) groups is 1. The largest absolute Gasteiger partial charge is 0.390 e. The van der Waals surface area contributed by atoms with Crippen LogP contribution in [0, 0.1) is 0 Å². The van der Waals surface area contributed by atoms with Gasteiger partial charge >= 0.3 is 0 Å². The topological polar surface area (TPSA) is 121 Å². The summed E-state index contributed by atoms with van der Waals surface area (Å²) >= 11 is 0. The fourth-order valence-corrected chi connectivity index (χ4v) is 3.43. The molecule has 0 fully saturated rings. The number of hydrazine groups is 1. The molecule has 2 rings (SSSR count). The van der Waals surface area contributed by atoms with Gasteiger partial charge in [0.05, 0.1) is 18.0 Å². The van der Waals surface area contributed by atoms with E-state index in [2.05, 4.69) is 61.0 Å². The van der Waals surface area contributed by atoms with Crippen LogP contribution in [0.5, 0.6) is 0 Å². The zero-order valence-electron chi connectivity index (χ0n) is 19.4. The Kier molecular flexibility index (Phi) is 10.4. The van der Waals surface area contributed by atoms with E-state index in [0.717, 1.165) is 65.0 Å². The highest BCUT2D eigenvalue weighted by atomic mass is 16.3. The Morgan fingerprint density at radius 1 is 1.06 bits per heavy atom. The highest BCUT2D eigenvalue weighted by Gasteiger charge is 2.09. The van der Waals surface area contributed by atoms with Crippen LogP contribution in [0.15, 0.2) is 70.0 Å². The zero-order chi connectivity index (χ0) is 23.3. The number of unbranched alkanes of at least 4 members (excludes halogenated alkanes) is 1. The first-order valence-electron chi connectivity index (χ1n) is 11.1. The summed E-state index contributed by atoms with van der Waals surface area (Å²) in [6.07, 6.45) is 4.03. The van der Waals surface area contributed by atoms with Gasteiger partial charge in [-0.25, -0.2) is 11.4 Å². The molecule has 32 heavy (non-hydrogen) atoms. The number of amidine groups is 1. The third-order valence-electron chi connectivity index (χ3n) is 5.22. The molecule has 2 aromatic rings. The maximum atomic E-state index is 9.89. The summed E-state index contributed by atoms with van der Waals surface area (Å²) in [7, 11) is 0. The first-order chi connectivity index (χ1) is 15.5. The number of rotatable bonds is 12. The summed E-state index contributed by atoms with van der Waals surface area (Å²) in [6, 6.07) is 16.0. The van der Waals surface area contributed by atoms with Crippen LogP contribution in [-0.4, -0.2) is 23.3 Å². The van der Waals surface area contributed by atoms with Gasteiger partial charge in [0.2, 0.25) is 0 Å². The van der Waals surface area contributed by atoms with Crippen LogP contribution in [-0.2, 0) is 6.54 Å². The molecule has 0 aliphatic rings. The minimum atomic E-state index is -0.0625. The van der Waals surface area contributed by atoms with Crippen LogP contribution >= 0.6 is 0 Å². The number of hydrogen-bond donors (Lipinski definition) is 5. The maximum absolute atomic E-state index is 9.89. The molecule has 0 bridgehead atoms. The summed E-state index contributed by atoms with van der Waals surface area (Å²) in [6.45, 7) is 6.83. The van der Waals surface area contributed by atoms with Crippen LogP contribution in [0.25, 0.3) is 11.1 Å². The lowest BCUT2D eigenvalue weighted by molar-refractivity contribution is 0.319. The molecular formula is C25H36N6O. The Morgan fingerprint density at radius 2 is 1.78 bits per heavy atom. The monoisotopic (exact) mass is 436 g/mol. The van der Waals surface area contributed by atoms with Crippen molar-refractivity contribution >= 4 is 11.5 Å². The third-order valence-corrected chi connectivity index (χ3v) is 5.22. The Hall–Kier alpha value is -3.16. The Balaban J connectivity index is 2.17. The first kappa shape index (κ1) is 25.1. The fourth-order valence-electron chi connectivity index (χ4n) is 3.43. The van der Waals surface area contributed by atoms with E-state index >= 15 is 0 Å². The smallest absolute Gasteiger partial charge is 0.152 e. The van der Waals surface area contributed by atoms with Gasteiger partial charge in [-0.3, -0.25) is 4.99 Å². The molecule has 0 saturated carbocycles. The number of allylic oxidation sites excluding steroid dienone is 1. The van der Waals surface area contributed by atoms with Crippen molar-refractivity contribution < 1.29 is 5.11 Å². The van der Waals surface area contributed by atoms with Crippen LogP contribution in [0.1, 0.15) is 57.6 Å². The summed E-state index contributed by atoms with van der Waals surface area (Å²) in [5.41, 5.74) is 15.0. The molecule has 0 spiro atoms.